The molecular weight excluding hydrogens is 338 g/mol. The number of nitrogens with zero attached hydrogens (tertiary/aromatic N) is 1. The molecule has 1 aromatic carbocycles. The third-order valence-corrected chi connectivity index (χ3v) is 6.26. The zero-order valence-corrected chi connectivity index (χ0v) is 15.1. The second-order valence-electron chi connectivity index (χ2n) is 6.60. The van der Waals surface area contributed by atoms with Gasteiger partial charge in [-0.15, -0.1) is 11.3 Å². The molecule has 134 valence electrons. The Balaban J connectivity index is 1.59. The number of hydrogen-bond donors (Lipinski definition) is 2. The minimum absolute atomic E-state index is 0.0602. The molecule has 0 bridgehead atoms. The van der Waals surface area contributed by atoms with Gasteiger partial charge in [0.05, 0.1) is 26.9 Å². The van der Waals surface area contributed by atoms with E-state index in [9.17, 15) is 5.11 Å². The molecule has 2 aliphatic rings. The van der Waals surface area contributed by atoms with Crippen molar-refractivity contribution in [1.82, 2.24) is 4.90 Å². The third-order valence-electron chi connectivity index (χ3n) is 5.09. The summed E-state index contributed by atoms with van der Waals surface area (Å²) in [5, 5.41) is 19.0. The van der Waals surface area contributed by atoms with Crippen LogP contribution in [0.25, 0.3) is 0 Å². The minimum Gasteiger partial charge on any atom is -0.504 e. The summed E-state index contributed by atoms with van der Waals surface area (Å²) in [6, 6.07) is 6.43. The molecule has 0 radical (unpaired) electrons. The van der Waals surface area contributed by atoms with Crippen molar-refractivity contribution >= 4 is 11.3 Å². The lowest BCUT2D eigenvalue weighted by atomic mass is 9.86. The molecule has 0 unspecified atom stereocenters. The second kappa shape index (κ2) is 6.96. The van der Waals surface area contributed by atoms with Gasteiger partial charge >= 0.3 is 0 Å². The van der Waals surface area contributed by atoms with E-state index in [1.807, 2.05) is 23.5 Å². The molecule has 0 saturated carbocycles. The summed E-state index contributed by atoms with van der Waals surface area (Å²) in [5.41, 5.74) is 3.90. The van der Waals surface area contributed by atoms with Crippen LogP contribution in [0.1, 0.15) is 32.5 Å². The predicted molar refractivity (Wildman–Crippen MR) is 96.3 cm³/mol. The molecule has 0 spiro atoms. The Hall–Kier alpha value is -1.60. The van der Waals surface area contributed by atoms with Crippen molar-refractivity contribution in [3.8, 4) is 11.5 Å². The number of rotatable bonds is 5. The molecule has 1 atom stereocenters. The fraction of sp³-hybridized carbons (Fsp3) is 0.474. The Morgan fingerprint density at radius 2 is 2.16 bits per heavy atom. The summed E-state index contributed by atoms with van der Waals surface area (Å²) in [6.45, 7) is 2.98. The molecule has 1 aromatic heterocycles. The Morgan fingerprint density at radius 1 is 1.28 bits per heavy atom. The molecule has 6 heteroatoms. The van der Waals surface area contributed by atoms with E-state index in [1.54, 1.807) is 7.11 Å². The number of aromatic hydroxyl groups is 1. The lowest BCUT2D eigenvalue weighted by molar-refractivity contribution is 0.0830. The van der Waals surface area contributed by atoms with Crippen LogP contribution in [0.4, 0.5) is 0 Å². The number of phenolic OH excluding ortho intramolecular Hbond substituents is 1. The van der Waals surface area contributed by atoms with Crippen LogP contribution in [0.15, 0.2) is 18.2 Å². The van der Waals surface area contributed by atoms with Crippen LogP contribution >= 0.6 is 11.3 Å². The van der Waals surface area contributed by atoms with Crippen LogP contribution in [-0.4, -0.2) is 42.0 Å². The number of methoxy groups -OCH3 is 1. The quantitative estimate of drug-likeness (QED) is 0.802. The average Bonchev–Trinajstić information content (AvgIpc) is 3.01. The van der Waals surface area contributed by atoms with E-state index in [4.69, 9.17) is 14.6 Å². The van der Waals surface area contributed by atoms with Crippen molar-refractivity contribution in [2.24, 2.45) is 0 Å². The Morgan fingerprint density at radius 3 is 2.96 bits per heavy atom. The predicted octanol–water partition coefficient (Wildman–Crippen LogP) is 2.63. The van der Waals surface area contributed by atoms with Gasteiger partial charge in [-0.2, -0.15) is 0 Å². The van der Waals surface area contributed by atoms with Gasteiger partial charge in [0.15, 0.2) is 11.5 Å². The van der Waals surface area contributed by atoms with Gasteiger partial charge in [-0.3, -0.25) is 4.90 Å². The van der Waals surface area contributed by atoms with Crippen LogP contribution in [0.3, 0.4) is 0 Å². The van der Waals surface area contributed by atoms with Crippen LogP contribution in [0.2, 0.25) is 0 Å². The third kappa shape index (κ3) is 3.15. The largest absolute Gasteiger partial charge is 0.504 e. The van der Waals surface area contributed by atoms with Crippen molar-refractivity contribution in [2.75, 3.05) is 26.9 Å². The number of hydrogen-bond acceptors (Lipinski definition) is 6. The van der Waals surface area contributed by atoms with Gasteiger partial charge in [0, 0.05) is 35.3 Å². The Kier molecular flexibility index (Phi) is 4.69. The van der Waals surface area contributed by atoms with E-state index in [0.29, 0.717) is 25.0 Å². The van der Waals surface area contributed by atoms with Crippen molar-refractivity contribution in [2.45, 2.75) is 32.0 Å². The summed E-state index contributed by atoms with van der Waals surface area (Å²) in [4.78, 5) is 5.13. The monoisotopic (exact) mass is 361 g/mol. The number of fused-ring (bicyclic) bond motifs is 4. The molecule has 2 aliphatic heterocycles. The highest BCUT2D eigenvalue weighted by Gasteiger charge is 2.33. The first-order chi connectivity index (χ1) is 12.2. The highest BCUT2D eigenvalue weighted by atomic mass is 32.1. The fourth-order valence-corrected chi connectivity index (χ4v) is 5.05. The summed E-state index contributed by atoms with van der Waals surface area (Å²) in [5.74, 6) is 0.779. The number of benzene rings is 1. The molecule has 2 aromatic rings. The van der Waals surface area contributed by atoms with Gasteiger partial charge in [0.2, 0.25) is 0 Å². The number of ether oxygens (including phenoxy) is 2. The van der Waals surface area contributed by atoms with Crippen LogP contribution in [-0.2, 0) is 30.7 Å². The summed E-state index contributed by atoms with van der Waals surface area (Å²) < 4.78 is 10.7. The minimum atomic E-state index is 0.0602. The van der Waals surface area contributed by atoms with E-state index < -0.39 is 0 Å². The maximum Gasteiger partial charge on any atom is 0.160 e. The Labute approximate surface area is 151 Å². The highest BCUT2D eigenvalue weighted by molar-refractivity contribution is 7.12. The summed E-state index contributed by atoms with van der Waals surface area (Å²) >= 11 is 1.81. The van der Waals surface area contributed by atoms with Gasteiger partial charge < -0.3 is 19.7 Å². The highest BCUT2D eigenvalue weighted by Crippen LogP contribution is 2.43. The number of aliphatic hydroxyl groups excluding tert-OH is 1. The lowest BCUT2D eigenvalue weighted by Gasteiger charge is -2.40. The summed E-state index contributed by atoms with van der Waals surface area (Å²) in [6.07, 6.45) is 1.95. The van der Waals surface area contributed by atoms with Gasteiger partial charge in [0.25, 0.3) is 0 Å². The molecule has 4 rings (SSSR count). The maximum absolute atomic E-state index is 10.2. The first-order valence-corrected chi connectivity index (χ1v) is 9.44. The van der Waals surface area contributed by atoms with Crippen molar-refractivity contribution in [3.05, 3.63) is 44.6 Å². The van der Waals surface area contributed by atoms with Crippen LogP contribution < -0.4 is 4.74 Å². The van der Waals surface area contributed by atoms with Gasteiger partial charge in [-0.25, -0.2) is 0 Å². The second-order valence-corrected chi connectivity index (χ2v) is 7.82. The Bertz CT molecular complexity index is 773. The molecular formula is C19H23NO4S. The van der Waals surface area contributed by atoms with E-state index >= 15 is 0 Å². The van der Waals surface area contributed by atoms with Gasteiger partial charge in [-0.1, -0.05) is 0 Å². The zero-order valence-electron chi connectivity index (χ0n) is 14.3. The number of aliphatic hydroxyl groups is 1. The molecule has 0 amide bonds. The molecule has 0 fully saturated rings. The van der Waals surface area contributed by atoms with Crippen molar-refractivity contribution in [1.29, 1.82) is 0 Å². The van der Waals surface area contributed by atoms with Crippen molar-refractivity contribution in [3.63, 3.8) is 0 Å². The molecule has 5 nitrogen and oxygen atoms in total. The maximum atomic E-state index is 10.2. The number of thiophene rings is 1. The van der Waals surface area contributed by atoms with E-state index in [1.165, 1.54) is 26.4 Å². The topological polar surface area (TPSA) is 62.2 Å². The first kappa shape index (κ1) is 16.8. The standard InChI is InChI=1S/C19H23NO4S/c1-23-18-7-12-2-3-20-10-13-6-14(11-24-5-4-21)25-19(13)9-16(20)15(12)8-17(18)22/h6-8,16,21-22H,2-5,9-11H2,1H3/t16-/m0/s1. The van der Waals surface area contributed by atoms with Crippen LogP contribution in [0.5, 0.6) is 11.5 Å². The van der Waals surface area contributed by atoms with Gasteiger partial charge in [0.1, 0.15) is 0 Å². The molecule has 2 N–H and O–H groups in total. The fourth-order valence-electron chi connectivity index (χ4n) is 3.90. The summed E-state index contributed by atoms with van der Waals surface area (Å²) in [7, 11) is 1.59. The zero-order chi connectivity index (χ0) is 17.4. The van der Waals surface area contributed by atoms with E-state index in [0.717, 1.165) is 25.9 Å². The molecule has 3 heterocycles. The van der Waals surface area contributed by atoms with E-state index in [2.05, 4.69) is 11.0 Å². The number of phenols is 1. The smallest absolute Gasteiger partial charge is 0.160 e. The van der Waals surface area contributed by atoms with Crippen molar-refractivity contribution < 1.29 is 19.7 Å². The normalized spacial score (nSPS) is 19.2. The van der Waals surface area contributed by atoms with Crippen LogP contribution in [0, 0.1) is 0 Å². The lowest BCUT2D eigenvalue weighted by Crippen LogP contribution is -2.38. The van der Waals surface area contributed by atoms with Gasteiger partial charge in [-0.05, 0) is 41.3 Å². The SMILES string of the molecule is COc1cc2c(cc1O)[C@@H]1Cc3sc(COCCO)cc3CN1CC2. The average molecular weight is 361 g/mol. The molecule has 0 saturated heterocycles. The van der Waals surface area contributed by atoms with E-state index in [-0.39, 0.29) is 12.4 Å². The molecule has 0 aliphatic carbocycles. The first-order valence-electron chi connectivity index (χ1n) is 8.62. The molecule has 25 heavy (non-hydrogen) atoms.